The zero-order valence-corrected chi connectivity index (χ0v) is 25.3. The van der Waals surface area contributed by atoms with E-state index in [0.29, 0.717) is 48.0 Å². The molecule has 0 spiro atoms. The number of aryl methyl sites for hydroxylation is 1. The highest BCUT2D eigenvalue weighted by molar-refractivity contribution is 7.71. The Morgan fingerprint density at radius 2 is 1.86 bits per heavy atom. The first-order chi connectivity index (χ1) is 20.2. The molecule has 4 aromatic rings. The van der Waals surface area contributed by atoms with Gasteiger partial charge in [0.15, 0.2) is 0 Å². The van der Waals surface area contributed by atoms with E-state index >= 15 is 0 Å². The predicted octanol–water partition coefficient (Wildman–Crippen LogP) is 6.28. The van der Waals surface area contributed by atoms with Crippen LogP contribution in [0.5, 0.6) is 5.75 Å². The molecule has 2 heterocycles. The quantitative estimate of drug-likeness (QED) is 0.116. The van der Waals surface area contributed by atoms with Gasteiger partial charge in [0.1, 0.15) is 11.6 Å². The van der Waals surface area contributed by atoms with Crippen molar-refractivity contribution in [1.29, 1.82) is 5.41 Å². The Balaban J connectivity index is 1.85. The Morgan fingerprint density at radius 1 is 1.14 bits per heavy atom. The Kier molecular flexibility index (Phi) is 8.13. The van der Waals surface area contributed by atoms with Gasteiger partial charge >= 0.3 is 0 Å². The van der Waals surface area contributed by atoms with Crippen molar-refractivity contribution in [2.45, 2.75) is 26.7 Å². The van der Waals surface area contributed by atoms with Crippen LogP contribution in [0.4, 0.5) is 11.5 Å². The van der Waals surface area contributed by atoms with Crippen molar-refractivity contribution in [2.24, 2.45) is 0 Å². The highest BCUT2D eigenvalue weighted by Gasteiger charge is 2.26. The molecule has 1 fully saturated rings. The fourth-order valence-corrected chi connectivity index (χ4v) is 6.08. The van der Waals surface area contributed by atoms with E-state index < -0.39 is 0 Å². The molecule has 3 aromatic carbocycles. The number of methoxy groups -OCH3 is 1. The minimum absolute atomic E-state index is 0.0747. The molecule has 42 heavy (non-hydrogen) atoms. The fraction of sp³-hybridized carbons (Fsp3) is 0.273. The second-order valence-corrected chi connectivity index (χ2v) is 11.1. The van der Waals surface area contributed by atoms with Crippen LogP contribution >= 0.6 is 12.2 Å². The number of para-hydroxylation sites is 1. The number of ether oxygens (including phenoxy) is 1. The summed E-state index contributed by atoms with van der Waals surface area (Å²) in [7, 11) is 1.65. The first kappa shape index (κ1) is 29.0. The Hall–Kier alpha value is -4.50. The van der Waals surface area contributed by atoms with Crippen molar-refractivity contribution in [3.05, 3.63) is 82.6 Å². The Labute approximate surface area is 251 Å². The first-order valence-electron chi connectivity index (χ1n) is 14.0. The first-order valence-corrected chi connectivity index (χ1v) is 14.4. The van der Waals surface area contributed by atoms with Crippen LogP contribution in [0.1, 0.15) is 36.5 Å². The number of anilines is 2. The molecule has 1 aliphatic heterocycles. The number of nitrogens with one attached hydrogen (secondary N) is 1. The maximum absolute atomic E-state index is 12.3. The van der Waals surface area contributed by atoms with Crippen molar-refractivity contribution in [3.63, 3.8) is 0 Å². The van der Waals surface area contributed by atoms with Crippen molar-refractivity contribution in [2.75, 3.05) is 43.9 Å². The van der Waals surface area contributed by atoms with Gasteiger partial charge in [-0.05, 0) is 77.7 Å². The number of hydrogen-bond donors (Lipinski definition) is 2. The number of nitrogens with two attached hydrogens (primary N) is 1. The zero-order valence-electron chi connectivity index (χ0n) is 24.5. The van der Waals surface area contributed by atoms with Crippen LogP contribution in [-0.4, -0.2) is 59.9 Å². The molecule has 1 amide bonds. The third-order valence-corrected chi connectivity index (χ3v) is 8.22. The number of carbonyl (C=O) groups excluding carboxylic acids is 1. The number of aromatic nitrogens is 2. The van der Waals surface area contributed by atoms with Crippen molar-refractivity contribution >= 4 is 46.7 Å². The second-order valence-electron chi connectivity index (χ2n) is 10.8. The maximum Gasteiger partial charge on any atom is 0.246 e. The van der Waals surface area contributed by atoms with Gasteiger partial charge in [-0.15, -0.1) is 0 Å². The minimum Gasteiger partial charge on any atom is -0.496 e. The van der Waals surface area contributed by atoms with Crippen LogP contribution in [-0.2, 0) is 4.79 Å². The molecule has 216 valence electrons. The van der Waals surface area contributed by atoms with Crippen molar-refractivity contribution in [1.82, 2.24) is 14.5 Å². The molecule has 0 bridgehead atoms. The molecule has 0 unspecified atom stereocenters. The fourth-order valence-electron chi connectivity index (χ4n) is 5.80. The summed E-state index contributed by atoms with van der Waals surface area (Å²) in [4.78, 5) is 21.2. The standard InChI is InChI=1S/C33H36N6O2S/c1-6-29(40)37-13-15-38(16-14-37)32-31-27(39(33(42)36-32)26-10-8-7-9-23(26)20(2)3)17-22(18-28(31)41-5)30-21(4)11-12-25(35)24(30)19-34/h6-12,17-20,34H,1,13-16,35H2,2-5H3. The van der Waals surface area contributed by atoms with E-state index in [1.165, 1.54) is 12.3 Å². The highest BCUT2D eigenvalue weighted by Crippen LogP contribution is 2.41. The highest BCUT2D eigenvalue weighted by atomic mass is 32.1. The molecular weight excluding hydrogens is 544 g/mol. The average molecular weight is 581 g/mol. The summed E-state index contributed by atoms with van der Waals surface area (Å²) in [6.45, 7) is 12.3. The van der Waals surface area contributed by atoms with Gasteiger partial charge in [0.25, 0.3) is 0 Å². The molecule has 1 aromatic heterocycles. The SMILES string of the molecule is C=CC(=O)N1CCN(c2nc(=S)n(-c3ccccc3C(C)C)c3cc(-c4c(C)ccc(N)c4C=N)cc(OC)c23)CC1. The van der Waals surface area contributed by atoms with Crippen molar-refractivity contribution in [3.8, 4) is 22.6 Å². The van der Waals surface area contributed by atoms with E-state index in [-0.39, 0.29) is 11.8 Å². The van der Waals surface area contributed by atoms with Crippen molar-refractivity contribution < 1.29 is 9.53 Å². The number of amides is 1. The van der Waals surface area contributed by atoms with E-state index in [1.807, 2.05) is 41.8 Å². The molecule has 0 radical (unpaired) electrons. The number of fused-ring (bicyclic) bond motifs is 1. The normalized spacial score (nSPS) is 13.5. The van der Waals surface area contributed by atoms with E-state index in [9.17, 15) is 4.79 Å². The van der Waals surface area contributed by atoms with Crippen LogP contribution in [0.3, 0.4) is 0 Å². The molecule has 8 nitrogen and oxygen atoms in total. The predicted molar refractivity (Wildman–Crippen MR) is 174 cm³/mol. The number of benzene rings is 3. The van der Waals surface area contributed by atoms with Gasteiger partial charge in [0, 0.05) is 43.6 Å². The topological polar surface area (TPSA) is 100 Å². The smallest absolute Gasteiger partial charge is 0.246 e. The summed E-state index contributed by atoms with van der Waals surface area (Å²) >= 11 is 6.03. The number of carbonyl (C=O) groups is 1. The average Bonchev–Trinajstić information content (AvgIpc) is 3.00. The van der Waals surface area contributed by atoms with Gasteiger partial charge in [-0.3, -0.25) is 9.36 Å². The summed E-state index contributed by atoms with van der Waals surface area (Å²) in [6, 6.07) is 16.1. The van der Waals surface area contributed by atoms with E-state index in [2.05, 4.69) is 43.5 Å². The Bertz CT molecular complexity index is 1770. The summed E-state index contributed by atoms with van der Waals surface area (Å²) in [6.07, 6.45) is 2.66. The van der Waals surface area contributed by atoms with Crippen LogP contribution in [0, 0.1) is 17.1 Å². The van der Waals surface area contributed by atoms with Crippen LogP contribution in [0.2, 0.25) is 0 Å². The molecule has 0 atom stereocenters. The lowest BCUT2D eigenvalue weighted by Gasteiger charge is -2.36. The van der Waals surface area contributed by atoms with E-state index in [1.54, 1.807) is 12.0 Å². The van der Waals surface area contributed by atoms with E-state index in [0.717, 1.165) is 44.7 Å². The number of nitrogen functional groups attached to an aromatic ring is 1. The summed E-state index contributed by atoms with van der Waals surface area (Å²) in [5, 5.41) is 8.97. The van der Waals surface area contributed by atoms with Crippen LogP contribution in [0.15, 0.2) is 61.2 Å². The summed E-state index contributed by atoms with van der Waals surface area (Å²) in [5.41, 5.74) is 13.2. The Morgan fingerprint density at radius 3 is 2.50 bits per heavy atom. The maximum atomic E-state index is 12.3. The molecular formula is C33H36N6O2S. The van der Waals surface area contributed by atoms with Gasteiger partial charge in [-0.2, -0.15) is 0 Å². The molecule has 3 N–H and O–H groups in total. The second kappa shape index (κ2) is 11.8. The molecule has 1 aliphatic rings. The number of piperazine rings is 1. The van der Waals surface area contributed by atoms with E-state index in [4.69, 9.17) is 33.1 Å². The van der Waals surface area contributed by atoms with Gasteiger partial charge < -0.3 is 25.7 Å². The molecule has 1 saturated heterocycles. The number of rotatable bonds is 7. The lowest BCUT2D eigenvalue weighted by molar-refractivity contribution is -0.126. The van der Waals surface area contributed by atoms with Gasteiger partial charge in [0.05, 0.1) is 23.7 Å². The van der Waals surface area contributed by atoms with Gasteiger partial charge in [0.2, 0.25) is 10.7 Å². The molecule has 5 rings (SSSR count). The largest absolute Gasteiger partial charge is 0.496 e. The molecule has 9 heteroatoms. The van der Waals surface area contributed by atoms with Crippen LogP contribution < -0.4 is 15.4 Å². The number of hydrogen-bond acceptors (Lipinski definition) is 7. The minimum atomic E-state index is -0.0747. The van der Waals surface area contributed by atoms with Gasteiger partial charge in [-0.25, -0.2) is 4.98 Å². The zero-order chi connectivity index (χ0) is 30.1. The lowest BCUT2D eigenvalue weighted by atomic mass is 9.93. The summed E-state index contributed by atoms with van der Waals surface area (Å²) < 4.78 is 8.52. The third kappa shape index (κ3) is 5.05. The van der Waals surface area contributed by atoms with Gasteiger partial charge in [-0.1, -0.05) is 44.7 Å². The molecule has 0 saturated carbocycles. The number of nitrogens with zero attached hydrogens (tertiary/aromatic N) is 4. The summed E-state index contributed by atoms with van der Waals surface area (Å²) in [5.74, 6) is 1.53. The van der Waals surface area contributed by atoms with Crippen LogP contribution in [0.25, 0.3) is 27.7 Å². The third-order valence-electron chi connectivity index (χ3n) is 7.94. The monoisotopic (exact) mass is 580 g/mol. The molecule has 0 aliphatic carbocycles. The lowest BCUT2D eigenvalue weighted by Crippen LogP contribution is -2.48.